The van der Waals surface area contributed by atoms with Gasteiger partial charge in [0, 0.05) is 17.6 Å². The molecule has 2 aromatic heterocycles. The van der Waals surface area contributed by atoms with E-state index in [4.69, 9.17) is 14.6 Å². The van der Waals surface area contributed by atoms with Crippen molar-refractivity contribution in [2.24, 2.45) is 0 Å². The molecule has 0 radical (unpaired) electrons. The van der Waals surface area contributed by atoms with Gasteiger partial charge in [-0.1, -0.05) is 0 Å². The molecule has 0 amide bonds. The number of rotatable bonds is 5. The molecular weight excluding hydrogens is 315 g/mol. The molecule has 0 spiro atoms. The van der Waals surface area contributed by atoms with Crippen LogP contribution in [0.25, 0.3) is 10.9 Å². The third kappa shape index (κ3) is 3.24. The largest absolute Gasteiger partial charge is 0.495 e. The number of fused-ring (bicyclic) bond motifs is 1. The second-order valence-corrected chi connectivity index (χ2v) is 4.96. The van der Waals surface area contributed by atoms with Gasteiger partial charge in [-0.15, -0.1) is 0 Å². The van der Waals surface area contributed by atoms with E-state index >= 15 is 0 Å². The van der Waals surface area contributed by atoms with Gasteiger partial charge in [0.05, 0.1) is 30.9 Å². The summed E-state index contributed by atoms with van der Waals surface area (Å²) >= 11 is 0. The minimum absolute atomic E-state index is 0.257. The second kappa shape index (κ2) is 6.49. The normalized spacial score (nSPS) is 10.6. The molecule has 0 fully saturated rings. The van der Waals surface area contributed by atoms with Gasteiger partial charge in [0.25, 0.3) is 0 Å². The number of hydrogen-bond acceptors (Lipinski definition) is 5. The highest BCUT2D eigenvalue weighted by Gasteiger charge is 2.12. The maximum Gasteiger partial charge on any atom is 0.309 e. The zero-order valence-electron chi connectivity index (χ0n) is 12.7. The lowest BCUT2D eigenvalue weighted by atomic mass is 10.2. The lowest BCUT2D eigenvalue weighted by Gasteiger charge is -2.11. The number of ether oxygens (including phenoxy) is 2. The molecule has 0 aliphatic carbocycles. The number of methoxy groups -OCH3 is 1. The average molecular weight is 328 g/mol. The molecule has 3 aromatic rings. The Bertz CT molecular complexity index is 914. The number of carbonyl (C=O) groups is 1. The summed E-state index contributed by atoms with van der Waals surface area (Å²) in [4.78, 5) is 19.0. The zero-order valence-corrected chi connectivity index (χ0v) is 12.7. The lowest BCUT2D eigenvalue weighted by Crippen LogP contribution is -2.04. The number of carboxylic acids is 1. The van der Waals surface area contributed by atoms with Crippen molar-refractivity contribution in [1.82, 2.24) is 9.97 Å². The predicted octanol–water partition coefficient (Wildman–Crippen LogP) is 3.20. The Hall–Kier alpha value is -3.22. The van der Waals surface area contributed by atoms with Crippen LogP contribution in [-0.2, 0) is 11.2 Å². The van der Waals surface area contributed by atoms with Crippen LogP contribution in [0.4, 0.5) is 4.39 Å². The minimum atomic E-state index is -1.01. The molecule has 0 aliphatic rings. The van der Waals surface area contributed by atoms with Crippen molar-refractivity contribution in [1.29, 1.82) is 0 Å². The number of aliphatic carboxylic acids is 1. The van der Waals surface area contributed by atoms with Crippen molar-refractivity contribution in [3.63, 3.8) is 0 Å². The van der Waals surface area contributed by atoms with E-state index in [1.165, 1.54) is 31.5 Å². The van der Waals surface area contributed by atoms with E-state index in [9.17, 15) is 9.18 Å². The van der Waals surface area contributed by atoms with Crippen LogP contribution < -0.4 is 9.47 Å². The van der Waals surface area contributed by atoms with Crippen molar-refractivity contribution in [3.05, 3.63) is 54.2 Å². The molecule has 6 nitrogen and oxygen atoms in total. The molecule has 7 heteroatoms. The van der Waals surface area contributed by atoms with E-state index in [1.807, 2.05) is 0 Å². The molecule has 24 heavy (non-hydrogen) atoms. The fourth-order valence-electron chi connectivity index (χ4n) is 2.27. The van der Waals surface area contributed by atoms with Crippen LogP contribution >= 0.6 is 0 Å². The molecule has 0 unspecified atom stereocenters. The van der Waals surface area contributed by atoms with E-state index in [2.05, 4.69) is 9.97 Å². The van der Waals surface area contributed by atoms with E-state index in [0.29, 0.717) is 33.8 Å². The van der Waals surface area contributed by atoms with Crippen molar-refractivity contribution in [3.8, 4) is 17.2 Å². The summed E-state index contributed by atoms with van der Waals surface area (Å²) in [5.41, 5.74) is 0.888. The molecule has 3 rings (SSSR count). The maximum atomic E-state index is 13.5. The van der Waals surface area contributed by atoms with Gasteiger partial charge in [0.15, 0.2) is 0 Å². The number of carboxylic acid groups (broad SMARTS) is 1. The van der Waals surface area contributed by atoms with Crippen molar-refractivity contribution < 1.29 is 23.8 Å². The third-order valence-electron chi connectivity index (χ3n) is 3.34. The minimum Gasteiger partial charge on any atom is -0.495 e. The van der Waals surface area contributed by atoms with Crippen LogP contribution in [0, 0.1) is 5.82 Å². The first-order chi connectivity index (χ1) is 11.6. The Morgan fingerprint density at radius 3 is 2.79 bits per heavy atom. The van der Waals surface area contributed by atoms with Gasteiger partial charge in [-0.25, -0.2) is 4.39 Å². The molecule has 0 saturated carbocycles. The smallest absolute Gasteiger partial charge is 0.309 e. The highest BCUT2D eigenvalue weighted by molar-refractivity contribution is 5.85. The molecule has 0 saturated heterocycles. The van der Waals surface area contributed by atoms with Crippen molar-refractivity contribution in [2.45, 2.75) is 6.42 Å². The van der Waals surface area contributed by atoms with Gasteiger partial charge < -0.3 is 14.6 Å². The molecule has 0 atom stereocenters. The van der Waals surface area contributed by atoms with E-state index in [-0.39, 0.29) is 6.42 Å². The van der Waals surface area contributed by atoms with Crippen molar-refractivity contribution >= 4 is 16.9 Å². The van der Waals surface area contributed by atoms with Crippen LogP contribution in [0.15, 0.2) is 42.7 Å². The third-order valence-corrected chi connectivity index (χ3v) is 3.34. The monoisotopic (exact) mass is 328 g/mol. The van der Waals surface area contributed by atoms with Crippen LogP contribution in [0.1, 0.15) is 5.69 Å². The summed E-state index contributed by atoms with van der Waals surface area (Å²) in [5, 5.41) is 9.39. The zero-order chi connectivity index (χ0) is 17.1. The summed E-state index contributed by atoms with van der Waals surface area (Å²) in [7, 11) is 1.42. The van der Waals surface area contributed by atoms with Gasteiger partial charge >= 0.3 is 5.97 Å². The van der Waals surface area contributed by atoms with E-state index in [1.54, 1.807) is 18.3 Å². The number of aromatic nitrogens is 2. The van der Waals surface area contributed by atoms with Crippen LogP contribution in [-0.4, -0.2) is 28.2 Å². The number of hydrogen-bond donors (Lipinski definition) is 1. The maximum absolute atomic E-state index is 13.5. The number of benzene rings is 1. The number of pyridine rings is 2. The van der Waals surface area contributed by atoms with Crippen LogP contribution in [0.2, 0.25) is 0 Å². The Morgan fingerprint density at radius 1 is 1.21 bits per heavy atom. The standard InChI is InChI=1S/C17H13FN2O4/c1-23-16-7-11(9-20-14(16)8-17(21)22)24-15-4-5-19-13-3-2-10(18)6-12(13)15/h2-7,9H,8H2,1H3,(H,21,22). The molecule has 1 aromatic carbocycles. The lowest BCUT2D eigenvalue weighted by molar-refractivity contribution is -0.136. The molecule has 1 N–H and O–H groups in total. The Morgan fingerprint density at radius 2 is 2.04 bits per heavy atom. The van der Waals surface area contributed by atoms with Gasteiger partial charge in [-0.05, 0) is 24.3 Å². The quantitative estimate of drug-likeness (QED) is 0.774. The van der Waals surface area contributed by atoms with E-state index in [0.717, 1.165) is 0 Å². The molecule has 2 heterocycles. The Balaban J connectivity index is 1.97. The average Bonchev–Trinajstić information content (AvgIpc) is 2.56. The predicted molar refractivity (Wildman–Crippen MR) is 83.9 cm³/mol. The first-order valence-electron chi connectivity index (χ1n) is 7.03. The van der Waals surface area contributed by atoms with Gasteiger partial charge in [0.2, 0.25) is 0 Å². The second-order valence-electron chi connectivity index (χ2n) is 4.96. The van der Waals surface area contributed by atoms with Gasteiger partial charge in [-0.3, -0.25) is 14.8 Å². The van der Waals surface area contributed by atoms with Crippen LogP contribution in [0.5, 0.6) is 17.2 Å². The first-order valence-corrected chi connectivity index (χ1v) is 7.03. The molecular formula is C17H13FN2O4. The van der Waals surface area contributed by atoms with Crippen LogP contribution in [0.3, 0.4) is 0 Å². The summed E-state index contributed by atoms with van der Waals surface area (Å²) in [6.07, 6.45) is 2.69. The highest BCUT2D eigenvalue weighted by atomic mass is 19.1. The topological polar surface area (TPSA) is 81.5 Å². The summed E-state index contributed by atoms with van der Waals surface area (Å²) in [6, 6.07) is 7.37. The summed E-state index contributed by atoms with van der Waals surface area (Å²) in [6.45, 7) is 0. The molecule has 122 valence electrons. The van der Waals surface area contributed by atoms with Gasteiger partial charge in [0.1, 0.15) is 23.1 Å². The number of halogens is 1. The highest BCUT2D eigenvalue weighted by Crippen LogP contribution is 2.31. The Kier molecular flexibility index (Phi) is 4.24. The molecule has 0 aliphatic heterocycles. The summed E-state index contributed by atoms with van der Waals surface area (Å²) < 4.78 is 24.4. The fourth-order valence-corrected chi connectivity index (χ4v) is 2.27. The number of nitrogens with zero attached hydrogens (tertiary/aromatic N) is 2. The SMILES string of the molecule is COc1cc(Oc2ccnc3ccc(F)cc23)cnc1CC(=O)O. The Labute approximate surface area is 136 Å². The molecule has 0 bridgehead atoms. The van der Waals surface area contributed by atoms with Gasteiger partial charge in [-0.2, -0.15) is 0 Å². The van der Waals surface area contributed by atoms with E-state index < -0.39 is 11.8 Å². The van der Waals surface area contributed by atoms with Crippen molar-refractivity contribution in [2.75, 3.05) is 7.11 Å². The first kappa shape index (κ1) is 15.7. The fraction of sp³-hybridized carbons (Fsp3) is 0.118. The summed E-state index contributed by atoms with van der Waals surface area (Å²) in [5.74, 6) is -0.343.